The number of likely N-dealkylation sites (N-methyl/N-ethyl adjacent to an activating group) is 1. The van der Waals surface area contributed by atoms with Gasteiger partial charge in [0, 0.05) is 19.6 Å². The lowest BCUT2D eigenvalue weighted by molar-refractivity contribution is -0.141. The number of sulfone groups is 1. The summed E-state index contributed by atoms with van der Waals surface area (Å²) < 4.78 is 28.9. The molecule has 0 bridgehead atoms. The molecule has 1 aromatic carbocycles. The summed E-state index contributed by atoms with van der Waals surface area (Å²) in [5.41, 5.74) is -0.124. The fourth-order valence-electron chi connectivity index (χ4n) is 3.90. The second kappa shape index (κ2) is 7.50. The van der Waals surface area contributed by atoms with Crippen molar-refractivity contribution in [2.75, 3.05) is 25.1 Å². The molecule has 2 aliphatic rings. The van der Waals surface area contributed by atoms with Crippen molar-refractivity contribution in [3.05, 3.63) is 35.9 Å². The van der Waals surface area contributed by atoms with E-state index in [-0.39, 0.29) is 30.1 Å². The Balaban J connectivity index is 1.67. The van der Waals surface area contributed by atoms with Gasteiger partial charge in [0.2, 0.25) is 5.91 Å². The van der Waals surface area contributed by atoms with Crippen LogP contribution in [0.4, 0.5) is 4.79 Å². The van der Waals surface area contributed by atoms with E-state index in [0.29, 0.717) is 25.8 Å². The normalized spacial score (nSPS) is 26.7. The predicted octanol–water partition coefficient (Wildman–Crippen LogP) is 1.82. The van der Waals surface area contributed by atoms with Gasteiger partial charge in [-0.2, -0.15) is 0 Å². The fraction of sp³-hybridized carbons (Fsp3) is 0.579. The average molecular weight is 394 g/mol. The first-order chi connectivity index (χ1) is 12.7. The molecule has 0 radical (unpaired) electrons. The van der Waals surface area contributed by atoms with Crippen molar-refractivity contribution in [1.29, 1.82) is 0 Å². The van der Waals surface area contributed by atoms with Crippen LogP contribution in [0.25, 0.3) is 0 Å². The SMILES string of the molecule is CN(C(=O)C1(C)CCCN1C(=O)OCc1ccccc1)C1CCS(=O)(=O)C1. The van der Waals surface area contributed by atoms with E-state index in [9.17, 15) is 18.0 Å². The van der Waals surface area contributed by atoms with Crippen molar-refractivity contribution < 1.29 is 22.7 Å². The summed E-state index contributed by atoms with van der Waals surface area (Å²) in [6.45, 7) is 2.34. The van der Waals surface area contributed by atoms with Crippen LogP contribution in [0.3, 0.4) is 0 Å². The van der Waals surface area contributed by atoms with Crippen LogP contribution in [-0.2, 0) is 26.0 Å². The van der Waals surface area contributed by atoms with Crippen molar-refractivity contribution in [3.8, 4) is 0 Å². The molecule has 1 aromatic rings. The largest absolute Gasteiger partial charge is 0.445 e. The molecule has 7 nitrogen and oxygen atoms in total. The van der Waals surface area contributed by atoms with E-state index in [1.807, 2.05) is 30.3 Å². The molecule has 2 heterocycles. The van der Waals surface area contributed by atoms with E-state index in [0.717, 1.165) is 5.56 Å². The highest BCUT2D eigenvalue weighted by Crippen LogP contribution is 2.33. The van der Waals surface area contributed by atoms with E-state index in [1.54, 1.807) is 14.0 Å². The minimum Gasteiger partial charge on any atom is -0.445 e. The van der Waals surface area contributed by atoms with Crippen LogP contribution in [0.5, 0.6) is 0 Å². The molecule has 2 atom stereocenters. The van der Waals surface area contributed by atoms with Crippen molar-refractivity contribution in [1.82, 2.24) is 9.80 Å². The van der Waals surface area contributed by atoms with Crippen molar-refractivity contribution in [2.45, 2.75) is 44.4 Å². The molecular formula is C19H26N2O5S. The Morgan fingerprint density at radius 1 is 1.30 bits per heavy atom. The van der Waals surface area contributed by atoms with Crippen molar-refractivity contribution in [3.63, 3.8) is 0 Å². The van der Waals surface area contributed by atoms with Crippen LogP contribution in [0, 0.1) is 0 Å². The maximum Gasteiger partial charge on any atom is 0.410 e. The molecule has 0 saturated carbocycles. The number of nitrogens with zero attached hydrogens (tertiary/aromatic N) is 2. The van der Waals surface area contributed by atoms with Gasteiger partial charge >= 0.3 is 6.09 Å². The van der Waals surface area contributed by atoms with E-state index in [2.05, 4.69) is 0 Å². The first-order valence-electron chi connectivity index (χ1n) is 9.19. The molecule has 2 fully saturated rings. The van der Waals surface area contributed by atoms with E-state index < -0.39 is 21.5 Å². The first-order valence-corrected chi connectivity index (χ1v) is 11.0. The third kappa shape index (κ3) is 4.10. The molecule has 2 aliphatic heterocycles. The molecule has 8 heteroatoms. The minimum atomic E-state index is -3.09. The summed E-state index contributed by atoms with van der Waals surface area (Å²) in [6.07, 6.45) is 1.17. The summed E-state index contributed by atoms with van der Waals surface area (Å²) in [5.74, 6) is -0.128. The molecule has 3 rings (SSSR count). The molecule has 0 spiro atoms. The number of ether oxygens (including phenoxy) is 1. The Morgan fingerprint density at radius 2 is 2.00 bits per heavy atom. The van der Waals surface area contributed by atoms with E-state index in [1.165, 1.54) is 9.80 Å². The zero-order valence-electron chi connectivity index (χ0n) is 15.8. The van der Waals surface area contributed by atoms with Gasteiger partial charge < -0.3 is 9.64 Å². The number of hydrogen-bond donors (Lipinski definition) is 0. The number of likely N-dealkylation sites (tertiary alicyclic amines) is 1. The lowest BCUT2D eigenvalue weighted by atomic mass is 9.96. The van der Waals surface area contributed by atoms with Gasteiger partial charge in [0.05, 0.1) is 11.5 Å². The van der Waals surface area contributed by atoms with Gasteiger partial charge in [-0.25, -0.2) is 13.2 Å². The summed E-state index contributed by atoms with van der Waals surface area (Å²) in [6, 6.07) is 9.04. The van der Waals surface area contributed by atoms with Gasteiger partial charge in [-0.1, -0.05) is 30.3 Å². The summed E-state index contributed by atoms with van der Waals surface area (Å²) in [7, 11) is -1.46. The molecule has 2 saturated heterocycles. The maximum absolute atomic E-state index is 13.1. The summed E-state index contributed by atoms with van der Waals surface area (Å²) in [4.78, 5) is 28.8. The third-order valence-corrected chi connectivity index (χ3v) is 7.35. The topological polar surface area (TPSA) is 84.0 Å². The van der Waals surface area contributed by atoms with Gasteiger partial charge in [-0.05, 0) is 31.7 Å². The average Bonchev–Trinajstić information content (AvgIpc) is 3.22. The quantitative estimate of drug-likeness (QED) is 0.778. The van der Waals surface area contributed by atoms with Crippen LogP contribution < -0.4 is 0 Å². The molecule has 2 amide bonds. The van der Waals surface area contributed by atoms with Gasteiger partial charge in [0.1, 0.15) is 12.1 Å². The number of carbonyl (C=O) groups is 2. The second-order valence-electron chi connectivity index (χ2n) is 7.54. The van der Waals surface area contributed by atoms with Crippen molar-refractivity contribution >= 4 is 21.8 Å². The van der Waals surface area contributed by atoms with Crippen LogP contribution in [0.2, 0.25) is 0 Å². The summed E-state index contributed by atoms with van der Waals surface area (Å²) >= 11 is 0. The number of amides is 2. The van der Waals surface area contributed by atoms with Crippen molar-refractivity contribution in [2.24, 2.45) is 0 Å². The number of rotatable bonds is 4. The summed E-state index contributed by atoms with van der Waals surface area (Å²) in [5, 5.41) is 0. The van der Waals surface area contributed by atoms with Gasteiger partial charge in [-0.3, -0.25) is 9.69 Å². The Hall–Kier alpha value is -2.09. The third-order valence-electron chi connectivity index (χ3n) is 5.60. The Kier molecular flexibility index (Phi) is 5.46. The van der Waals surface area contributed by atoms with Gasteiger partial charge in [0.25, 0.3) is 0 Å². The highest BCUT2D eigenvalue weighted by Gasteiger charge is 2.49. The molecule has 2 unspecified atom stereocenters. The second-order valence-corrected chi connectivity index (χ2v) is 9.77. The zero-order chi connectivity index (χ0) is 19.7. The Labute approximate surface area is 160 Å². The Bertz CT molecular complexity index is 811. The highest BCUT2D eigenvalue weighted by molar-refractivity contribution is 7.91. The monoisotopic (exact) mass is 394 g/mol. The van der Waals surface area contributed by atoms with E-state index in [4.69, 9.17) is 4.74 Å². The molecule has 148 valence electrons. The lowest BCUT2D eigenvalue weighted by Crippen LogP contribution is -2.57. The number of benzene rings is 1. The zero-order valence-corrected chi connectivity index (χ0v) is 16.6. The maximum atomic E-state index is 13.1. The molecule has 27 heavy (non-hydrogen) atoms. The Morgan fingerprint density at radius 3 is 2.63 bits per heavy atom. The molecule has 0 aromatic heterocycles. The lowest BCUT2D eigenvalue weighted by Gasteiger charge is -2.38. The number of hydrogen-bond acceptors (Lipinski definition) is 5. The van der Waals surface area contributed by atoms with Crippen LogP contribution >= 0.6 is 0 Å². The van der Waals surface area contributed by atoms with Crippen LogP contribution in [0.15, 0.2) is 30.3 Å². The van der Waals surface area contributed by atoms with Gasteiger partial charge in [-0.15, -0.1) is 0 Å². The standard InChI is InChI=1S/C19H26N2O5S/c1-19(17(22)20(2)16-9-12-27(24,25)14-16)10-6-11-21(19)18(23)26-13-15-7-4-3-5-8-15/h3-5,7-8,16H,6,9-14H2,1-2H3. The first kappa shape index (κ1) is 19.7. The predicted molar refractivity (Wildman–Crippen MR) is 101 cm³/mol. The smallest absolute Gasteiger partial charge is 0.410 e. The van der Waals surface area contributed by atoms with E-state index >= 15 is 0 Å². The van der Waals surface area contributed by atoms with Gasteiger partial charge in [0.15, 0.2) is 9.84 Å². The van der Waals surface area contributed by atoms with Crippen LogP contribution in [0.1, 0.15) is 31.7 Å². The van der Waals surface area contributed by atoms with Crippen LogP contribution in [-0.4, -0.2) is 66.9 Å². The highest BCUT2D eigenvalue weighted by atomic mass is 32.2. The fourth-order valence-corrected chi connectivity index (χ4v) is 5.68. The molecular weight excluding hydrogens is 368 g/mol. The minimum absolute atomic E-state index is 0.0101. The molecule has 0 aliphatic carbocycles. The number of carbonyl (C=O) groups excluding carboxylic acids is 2. The molecule has 0 N–H and O–H groups in total.